The first-order valence-electron chi connectivity index (χ1n) is 14.4. The average Bonchev–Trinajstić information content (AvgIpc) is 2.91. The SMILES string of the molecule is COc1cccc([C@@]2(C)CCCC[C@@H]2CN(C)C)c1.COc1cccc([C@]2(O)CCCC[C@H]2CN(C)C)c1. The van der Waals surface area contributed by atoms with Crippen LogP contribution in [0.3, 0.4) is 0 Å². The summed E-state index contributed by atoms with van der Waals surface area (Å²) in [6.07, 6.45) is 9.59. The van der Waals surface area contributed by atoms with Gasteiger partial charge in [-0.15, -0.1) is 0 Å². The lowest BCUT2D eigenvalue weighted by atomic mass is 9.63. The molecule has 212 valence electrons. The molecule has 4 rings (SSSR count). The Bertz CT molecular complexity index is 914. The predicted molar refractivity (Wildman–Crippen MR) is 158 cm³/mol. The van der Waals surface area contributed by atoms with Crippen molar-refractivity contribution in [1.82, 2.24) is 9.80 Å². The molecule has 5 nitrogen and oxygen atoms in total. The van der Waals surface area contributed by atoms with Gasteiger partial charge in [-0.1, -0.05) is 56.9 Å². The maximum Gasteiger partial charge on any atom is 0.119 e. The van der Waals surface area contributed by atoms with Crippen molar-refractivity contribution in [2.75, 3.05) is 55.5 Å². The van der Waals surface area contributed by atoms with Crippen molar-refractivity contribution < 1.29 is 14.6 Å². The second-order valence-electron chi connectivity index (χ2n) is 12.2. The third-order valence-electron chi connectivity index (χ3n) is 8.91. The molecule has 2 aromatic rings. The van der Waals surface area contributed by atoms with E-state index >= 15 is 0 Å². The van der Waals surface area contributed by atoms with E-state index in [9.17, 15) is 5.11 Å². The summed E-state index contributed by atoms with van der Waals surface area (Å²) < 4.78 is 10.7. The van der Waals surface area contributed by atoms with E-state index in [1.807, 2.05) is 30.3 Å². The molecular formula is C33H52N2O3. The fraction of sp³-hybridized carbons (Fsp3) is 0.636. The molecule has 0 unspecified atom stereocenters. The van der Waals surface area contributed by atoms with Gasteiger partial charge in [0.1, 0.15) is 11.5 Å². The van der Waals surface area contributed by atoms with Gasteiger partial charge in [0.05, 0.1) is 19.8 Å². The molecule has 1 N–H and O–H groups in total. The van der Waals surface area contributed by atoms with Gasteiger partial charge in [0.25, 0.3) is 0 Å². The van der Waals surface area contributed by atoms with E-state index < -0.39 is 5.60 Å². The number of hydrogen-bond donors (Lipinski definition) is 1. The Morgan fingerprint density at radius 1 is 0.737 bits per heavy atom. The Labute approximate surface area is 232 Å². The number of rotatable bonds is 8. The standard InChI is InChI=1S/C17H27NO.C16H25NO2/c1-17(14-9-7-10-16(12-14)19-4)11-6-5-8-15(17)13-18(2)3;1-17(2)12-14-7-4-5-10-16(14,18)13-8-6-9-15(11-13)19-3/h7,9-10,12,15H,5-6,8,11,13H2,1-4H3;6,8-9,11,14,18H,4-5,7,10,12H2,1-3H3/t15-,17-;14-,16+/m10/s1. The summed E-state index contributed by atoms with van der Waals surface area (Å²) in [5, 5.41) is 11.2. The molecule has 0 bridgehead atoms. The molecule has 5 heteroatoms. The minimum atomic E-state index is -0.711. The summed E-state index contributed by atoms with van der Waals surface area (Å²) >= 11 is 0. The summed E-state index contributed by atoms with van der Waals surface area (Å²) in [7, 11) is 11.9. The molecule has 2 aromatic carbocycles. The van der Waals surface area contributed by atoms with Gasteiger partial charge < -0.3 is 24.4 Å². The molecular weight excluding hydrogens is 472 g/mol. The Kier molecular flexibility index (Phi) is 11.1. The molecule has 2 aliphatic rings. The smallest absolute Gasteiger partial charge is 0.119 e. The molecule has 0 aromatic heterocycles. The molecule has 2 fully saturated rings. The summed E-state index contributed by atoms with van der Waals surface area (Å²) in [6.45, 7) is 4.54. The second kappa shape index (κ2) is 13.8. The monoisotopic (exact) mass is 524 g/mol. The zero-order chi connectivity index (χ0) is 27.8. The van der Waals surface area contributed by atoms with Crippen LogP contribution < -0.4 is 9.47 Å². The van der Waals surface area contributed by atoms with Crippen LogP contribution in [-0.4, -0.2) is 70.4 Å². The van der Waals surface area contributed by atoms with Gasteiger partial charge in [-0.3, -0.25) is 0 Å². The van der Waals surface area contributed by atoms with E-state index in [1.54, 1.807) is 14.2 Å². The molecule has 0 amide bonds. The van der Waals surface area contributed by atoms with Crippen molar-refractivity contribution in [2.24, 2.45) is 11.8 Å². The molecule has 0 heterocycles. The number of ether oxygens (including phenoxy) is 2. The van der Waals surface area contributed by atoms with Crippen LogP contribution in [0.25, 0.3) is 0 Å². The number of hydrogen-bond acceptors (Lipinski definition) is 5. The molecule has 2 aliphatic carbocycles. The number of benzene rings is 2. The number of aliphatic hydroxyl groups is 1. The maximum absolute atomic E-state index is 11.2. The zero-order valence-electron chi connectivity index (χ0n) is 25.0. The van der Waals surface area contributed by atoms with E-state index in [4.69, 9.17) is 9.47 Å². The van der Waals surface area contributed by atoms with Crippen LogP contribution >= 0.6 is 0 Å². The van der Waals surface area contributed by atoms with Crippen molar-refractivity contribution in [2.45, 2.75) is 69.3 Å². The van der Waals surface area contributed by atoms with Crippen LogP contribution in [0.2, 0.25) is 0 Å². The molecule has 0 saturated heterocycles. The first kappa shape index (κ1) is 30.5. The van der Waals surface area contributed by atoms with Crippen molar-refractivity contribution in [3.63, 3.8) is 0 Å². The van der Waals surface area contributed by atoms with E-state index in [0.29, 0.717) is 5.92 Å². The van der Waals surface area contributed by atoms with E-state index in [2.05, 4.69) is 63.1 Å². The third kappa shape index (κ3) is 7.52. The normalized spacial score (nSPS) is 27.5. The molecule has 4 atom stereocenters. The lowest BCUT2D eigenvalue weighted by Crippen LogP contribution is -2.43. The van der Waals surface area contributed by atoms with Crippen LogP contribution in [-0.2, 0) is 11.0 Å². The summed E-state index contributed by atoms with van der Waals surface area (Å²) in [6, 6.07) is 16.6. The van der Waals surface area contributed by atoms with Gasteiger partial charge in [0, 0.05) is 19.0 Å². The van der Waals surface area contributed by atoms with Crippen molar-refractivity contribution in [3.05, 3.63) is 59.7 Å². The Hall–Kier alpha value is -2.08. The first-order chi connectivity index (χ1) is 18.1. The van der Waals surface area contributed by atoms with Crippen LogP contribution in [0.4, 0.5) is 0 Å². The number of nitrogens with zero attached hydrogens (tertiary/aromatic N) is 2. The summed E-state index contributed by atoms with van der Waals surface area (Å²) in [5.41, 5.74) is 2.02. The Balaban J connectivity index is 0.000000211. The molecule has 38 heavy (non-hydrogen) atoms. The van der Waals surface area contributed by atoms with Crippen molar-refractivity contribution in [3.8, 4) is 11.5 Å². The lowest BCUT2D eigenvalue weighted by Gasteiger charge is -2.43. The second-order valence-corrected chi connectivity index (χ2v) is 12.2. The Morgan fingerprint density at radius 2 is 1.24 bits per heavy atom. The van der Waals surface area contributed by atoms with Crippen molar-refractivity contribution in [1.29, 1.82) is 0 Å². The van der Waals surface area contributed by atoms with Gasteiger partial charge in [0.2, 0.25) is 0 Å². The average molecular weight is 525 g/mol. The molecule has 0 spiro atoms. The third-order valence-corrected chi connectivity index (χ3v) is 8.91. The van der Waals surface area contributed by atoms with Crippen molar-refractivity contribution >= 4 is 0 Å². The fourth-order valence-corrected chi connectivity index (χ4v) is 6.68. The van der Waals surface area contributed by atoms with Gasteiger partial charge in [-0.05, 0) is 101 Å². The predicted octanol–water partition coefficient (Wildman–Crippen LogP) is 6.34. The van der Waals surface area contributed by atoms with Crippen LogP contribution in [0.1, 0.15) is 69.4 Å². The van der Waals surface area contributed by atoms with Gasteiger partial charge >= 0.3 is 0 Å². The van der Waals surface area contributed by atoms with Gasteiger partial charge in [0.15, 0.2) is 0 Å². The Morgan fingerprint density at radius 3 is 1.82 bits per heavy atom. The minimum Gasteiger partial charge on any atom is -0.497 e. The van der Waals surface area contributed by atoms with E-state index in [1.165, 1.54) is 44.2 Å². The lowest BCUT2D eigenvalue weighted by molar-refractivity contribution is -0.0619. The topological polar surface area (TPSA) is 45.2 Å². The first-order valence-corrected chi connectivity index (χ1v) is 14.4. The highest BCUT2D eigenvalue weighted by Crippen LogP contribution is 2.45. The highest BCUT2D eigenvalue weighted by Gasteiger charge is 2.41. The van der Waals surface area contributed by atoms with Crippen LogP contribution in [0.5, 0.6) is 11.5 Å². The minimum absolute atomic E-state index is 0.289. The number of methoxy groups -OCH3 is 2. The quantitative estimate of drug-likeness (QED) is 0.437. The van der Waals surface area contributed by atoms with Gasteiger partial charge in [-0.25, -0.2) is 0 Å². The van der Waals surface area contributed by atoms with E-state index in [-0.39, 0.29) is 5.41 Å². The van der Waals surface area contributed by atoms with Crippen LogP contribution in [0, 0.1) is 11.8 Å². The molecule has 0 radical (unpaired) electrons. The zero-order valence-corrected chi connectivity index (χ0v) is 25.0. The fourth-order valence-electron chi connectivity index (χ4n) is 6.68. The highest BCUT2D eigenvalue weighted by molar-refractivity contribution is 5.35. The molecule has 0 aliphatic heterocycles. The molecule has 2 saturated carbocycles. The maximum atomic E-state index is 11.2. The highest BCUT2D eigenvalue weighted by atomic mass is 16.5. The summed E-state index contributed by atoms with van der Waals surface area (Å²) in [5.74, 6) is 2.83. The summed E-state index contributed by atoms with van der Waals surface area (Å²) in [4.78, 5) is 4.50. The van der Waals surface area contributed by atoms with Gasteiger partial charge in [-0.2, -0.15) is 0 Å². The van der Waals surface area contributed by atoms with Crippen LogP contribution in [0.15, 0.2) is 48.5 Å². The van der Waals surface area contributed by atoms with E-state index in [0.717, 1.165) is 48.8 Å². The largest absolute Gasteiger partial charge is 0.497 e.